The Labute approximate surface area is 120 Å². The minimum absolute atomic E-state index is 0.207. The summed E-state index contributed by atoms with van der Waals surface area (Å²) in [6, 6.07) is 0. The fourth-order valence-electron chi connectivity index (χ4n) is 3.27. The number of hydrogen-bond acceptors (Lipinski definition) is 1. The second-order valence-electron chi connectivity index (χ2n) is 7.08. The molecule has 1 nitrogen and oxygen atoms in total. The molecule has 0 amide bonds. The van der Waals surface area contributed by atoms with Gasteiger partial charge in [-0.3, -0.25) is 0 Å². The smallest absolute Gasteiger partial charge is 0.0464 e. The van der Waals surface area contributed by atoms with E-state index in [1.807, 2.05) is 0 Å². The first-order valence-corrected chi connectivity index (χ1v) is 8.00. The summed E-state index contributed by atoms with van der Waals surface area (Å²) in [7, 11) is 0. The van der Waals surface area contributed by atoms with Gasteiger partial charge in [0.2, 0.25) is 0 Å². The molecule has 1 saturated carbocycles. The van der Waals surface area contributed by atoms with Crippen molar-refractivity contribution in [2.75, 3.05) is 6.61 Å². The number of aliphatic hydroxyl groups excluding tert-OH is 1. The van der Waals surface area contributed by atoms with E-state index >= 15 is 0 Å². The van der Waals surface area contributed by atoms with Gasteiger partial charge in [0, 0.05) is 18.4 Å². The van der Waals surface area contributed by atoms with Crippen LogP contribution in [0.1, 0.15) is 73.1 Å². The Balaban J connectivity index is 2.49. The van der Waals surface area contributed by atoms with Gasteiger partial charge in [0.25, 0.3) is 0 Å². The SMILES string of the molecule is CCC(C)(C#CCC[C@H]1CCC(CO)C1(C)C)CC. The van der Waals surface area contributed by atoms with E-state index in [1.54, 1.807) is 0 Å². The van der Waals surface area contributed by atoms with E-state index in [4.69, 9.17) is 0 Å². The molecule has 1 N–H and O–H groups in total. The molecule has 1 unspecified atom stereocenters. The summed E-state index contributed by atoms with van der Waals surface area (Å²) >= 11 is 0. The van der Waals surface area contributed by atoms with Crippen molar-refractivity contribution < 1.29 is 5.11 Å². The van der Waals surface area contributed by atoms with Crippen LogP contribution in [0, 0.1) is 34.5 Å². The Kier molecular flexibility index (Phi) is 5.93. The second-order valence-corrected chi connectivity index (χ2v) is 7.08. The minimum Gasteiger partial charge on any atom is -0.396 e. The Morgan fingerprint density at radius 3 is 2.21 bits per heavy atom. The van der Waals surface area contributed by atoms with E-state index in [9.17, 15) is 5.11 Å². The van der Waals surface area contributed by atoms with E-state index < -0.39 is 0 Å². The zero-order valence-corrected chi connectivity index (χ0v) is 13.6. The van der Waals surface area contributed by atoms with Crippen LogP contribution in [0.3, 0.4) is 0 Å². The van der Waals surface area contributed by atoms with Gasteiger partial charge in [-0.2, -0.15) is 0 Å². The zero-order chi connectivity index (χ0) is 14.5. The third-order valence-electron chi connectivity index (χ3n) is 5.76. The van der Waals surface area contributed by atoms with Crippen molar-refractivity contribution in [2.45, 2.75) is 73.1 Å². The Bertz CT molecular complexity index is 327. The lowest BCUT2D eigenvalue weighted by atomic mass is 9.74. The van der Waals surface area contributed by atoms with Crippen LogP contribution in [0.4, 0.5) is 0 Å². The van der Waals surface area contributed by atoms with Crippen LogP contribution in [0.5, 0.6) is 0 Å². The van der Waals surface area contributed by atoms with Crippen LogP contribution in [0.15, 0.2) is 0 Å². The van der Waals surface area contributed by atoms with Gasteiger partial charge in [-0.15, -0.1) is 5.92 Å². The van der Waals surface area contributed by atoms with Crippen LogP contribution >= 0.6 is 0 Å². The minimum atomic E-state index is 0.207. The van der Waals surface area contributed by atoms with Gasteiger partial charge in [-0.1, -0.05) is 33.6 Å². The number of aliphatic hydroxyl groups is 1. The molecule has 19 heavy (non-hydrogen) atoms. The predicted molar refractivity (Wildman–Crippen MR) is 82.8 cm³/mol. The van der Waals surface area contributed by atoms with E-state index in [2.05, 4.69) is 46.5 Å². The fourth-order valence-corrected chi connectivity index (χ4v) is 3.27. The molecule has 0 aliphatic heterocycles. The molecule has 0 bridgehead atoms. The highest BCUT2D eigenvalue weighted by atomic mass is 16.3. The summed E-state index contributed by atoms with van der Waals surface area (Å²) < 4.78 is 0. The molecule has 0 spiro atoms. The molecule has 0 radical (unpaired) electrons. The highest BCUT2D eigenvalue weighted by Gasteiger charge is 2.41. The largest absolute Gasteiger partial charge is 0.396 e. The Morgan fingerprint density at radius 1 is 1.16 bits per heavy atom. The third-order valence-corrected chi connectivity index (χ3v) is 5.76. The maximum Gasteiger partial charge on any atom is 0.0464 e. The van der Waals surface area contributed by atoms with Crippen molar-refractivity contribution in [3.05, 3.63) is 0 Å². The maximum absolute atomic E-state index is 9.43. The summed E-state index contributed by atoms with van der Waals surface area (Å²) in [5.41, 5.74) is 0.494. The molecule has 2 atom stereocenters. The molecule has 0 saturated heterocycles. The first-order valence-electron chi connectivity index (χ1n) is 8.00. The molecule has 1 aliphatic rings. The van der Waals surface area contributed by atoms with Gasteiger partial charge >= 0.3 is 0 Å². The van der Waals surface area contributed by atoms with Crippen LogP contribution in [0.2, 0.25) is 0 Å². The summed E-state index contributed by atoms with van der Waals surface area (Å²) in [5, 5.41) is 9.43. The van der Waals surface area contributed by atoms with E-state index in [-0.39, 0.29) is 10.8 Å². The van der Waals surface area contributed by atoms with Crippen LogP contribution in [0.25, 0.3) is 0 Å². The van der Waals surface area contributed by atoms with Gasteiger partial charge in [-0.25, -0.2) is 0 Å². The second kappa shape index (κ2) is 6.80. The predicted octanol–water partition coefficient (Wildman–Crippen LogP) is 4.64. The topological polar surface area (TPSA) is 20.2 Å². The van der Waals surface area contributed by atoms with Gasteiger partial charge < -0.3 is 5.11 Å². The molecule has 1 rings (SSSR count). The van der Waals surface area contributed by atoms with Gasteiger partial charge in [0.05, 0.1) is 0 Å². The van der Waals surface area contributed by atoms with Crippen LogP contribution < -0.4 is 0 Å². The molecule has 1 aliphatic carbocycles. The van der Waals surface area contributed by atoms with Crippen molar-refractivity contribution in [1.82, 2.24) is 0 Å². The summed E-state index contributed by atoms with van der Waals surface area (Å²) in [4.78, 5) is 0. The molecule has 0 heterocycles. The van der Waals surface area contributed by atoms with E-state index in [1.165, 1.54) is 19.3 Å². The summed E-state index contributed by atoms with van der Waals surface area (Å²) in [6.45, 7) is 11.7. The maximum atomic E-state index is 9.43. The molecule has 0 aromatic rings. The molecular formula is C18H32O. The van der Waals surface area contributed by atoms with Crippen LogP contribution in [-0.4, -0.2) is 11.7 Å². The monoisotopic (exact) mass is 264 g/mol. The standard InChI is InChI=1S/C18H32O/c1-6-18(5,7-2)13-9-8-10-15-11-12-16(14-19)17(15,3)4/h15-16,19H,6-8,10-12,14H2,1-5H3/t15-,16?/m0/s1. The van der Waals surface area contributed by atoms with Gasteiger partial charge in [0.15, 0.2) is 0 Å². The summed E-state index contributed by atoms with van der Waals surface area (Å²) in [5.74, 6) is 8.10. The van der Waals surface area contributed by atoms with Crippen molar-refractivity contribution in [3.63, 3.8) is 0 Å². The Morgan fingerprint density at radius 2 is 1.74 bits per heavy atom. The molecule has 0 aromatic carbocycles. The lowest BCUT2D eigenvalue weighted by Gasteiger charge is -2.32. The highest BCUT2D eigenvalue weighted by molar-refractivity contribution is 5.10. The van der Waals surface area contributed by atoms with Gasteiger partial charge in [-0.05, 0) is 56.3 Å². The van der Waals surface area contributed by atoms with Crippen molar-refractivity contribution in [2.24, 2.45) is 22.7 Å². The molecule has 110 valence electrons. The molecule has 0 aromatic heterocycles. The number of hydrogen-bond donors (Lipinski definition) is 1. The molecule has 1 heteroatoms. The average molecular weight is 264 g/mol. The number of rotatable bonds is 5. The van der Waals surface area contributed by atoms with E-state index in [0.29, 0.717) is 12.5 Å². The lowest BCUT2D eigenvalue weighted by Crippen LogP contribution is -2.27. The molecular weight excluding hydrogens is 232 g/mol. The summed E-state index contributed by atoms with van der Waals surface area (Å²) in [6.07, 6.45) is 6.93. The van der Waals surface area contributed by atoms with Crippen molar-refractivity contribution in [3.8, 4) is 11.8 Å². The zero-order valence-electron chi connectivity index (χ0n) is 13.6. The van der Waals surface area contributed by atoms with Crippen LogP contribution in [-0.2, 0) is 0 Å². The first-order chi connectivity index (χ1) is 8.89. The van der Waals surface area contributed by atoms with Crippen molar-refractivity contribution >= 4 is 0 Å². The van der Waals surface area contributed by atoms with Gasteiger partial charge in [0.1, 0.15) is 0 Å². The third kappa shape index (κ3) is 3.99. The van der Waals surface area contributed by atoms with E-state index in [0.717, 1.165) is 25.2 Å². The fraction of sp³-hybridized carbons (Fsp3) is 0.889. The van der Waals surface area contributed by atoms with Crippen molar-refractivity contribution in [1.29, 1.82) is 0 Å². The lowest BCUT2D eigenvalue weighted by molar-refractivity contribution is 0.111. The highest BCUT2D eigenvalue weighted by Crippen LogP contribution is 2.48. The quantitative estimate of drug-likeness (QED) is 0.717. The normalized spacial score (nSPS) is 26.0. The Hall–Kier alpha value is -0.480. The average Bonchev–Trinajstić information content (AvgIpc) is 2.69. The molecule has 1 fully saturated rings. The first kappa shape index (κ1) is 16.6.